The van der Waals surface area contributed by atoms with Gasteiger partial charge in [0.2, 0.25) is 5.91 Å². The molecule has 1 saturated carbocycles. The second-order valence-corrected chi connectivity index (χ2v) is 4.00. The van der Waals surface area contributed by atoms with Gasteiger partial charge in [-0.2, -0.15) is 0 Å². The average molecular weight is 244 g/mol. The Morgan fingerprint density at radius 3 is 2.47 bits per heavy atom. The van der Waals surface area contributed by atoms with Crippen LogP contribution >= 0.6 is 0 Å². The molecule has 2 unspecified atom stereocenters. The smallest absolute Gasteiger partial charge is 0.404 e. The topological polar surface area (TPSA) is 119 Å². The van der Waals surface area contributed by atoms with Crippen molar-refractivity contribution in [1.29, 1.82) is 0 Å². The molecular formula is C10H16N2O5. The normalized spacial score (nSPS) is 23.1. The largest absolute Gasteiger partial charge is 0.481 e. The zero-order chi connectivity index (χ0) is 12.8. The number of carboxylic acids is 1. The van der Waals surface area contributed by atoms with Gasteiger partial charge in [-0.15, -0.1) is 0 Å². The third-order valence-electron chi connectivity index (χ3n) is 2.80. The Balaban J connectivity index is 2.21. The highest BCUT2D eigenvalue weighted by molar-refractivity contribution is 5.80. The SMILES string of the molecule is NC(=O)OCCNC(=O)C1CCC(C(=O)O)C1. The first kappa shape index (κ1) is 13.3. The van der Waals surface area contributed by atoms with Crippen molar-refractivity contribution in [3.8, 4) is 0 Å². The lowest BCUT2D eigenvalue weighted by atomic mass is 10.0. The summed E-state index contributed by atoms with van der Waals surface area (Å²) >= 11 is 0. The molecule has 17 heavy (non-hydrogen) atoms. The molecule has 0 aromatic rings. The molecule has 1 fully saturated rings. The Bertz CT molecular complexity index is 318. The summed E-state index contributed by atoms with van der Waals surface area (Å²) in [5, 5.41) is 11.4. The maximum Gasteiger partial charge on any atom is 0.404 e. The number of aliphatic carboxylic acids is 1. The van der Waals surface area contributed by atoms with E-state index in [0.29, 0.717) is 19.3 Å². The van der Waals surface area contributed by atoms with Gasteiger partial charge in [-0.05, 0) is 19.3 Å². The van der Waals surface area contributed by atoms with Crippen molar-refractivity contribution in [2.24, 2.45) is 17.6 Å². The lowest BCUT2D eigenvalue weighted by molar-refractivity contribution is -0.141. The second-order valence-electron chi connectivity index (χ2n) is 4.00. The van der Waals surface area contributed by atoms with Gasteiger partial charge in [0.1, 0.15) is 6.61 Å². The summed E-state index contributed by atoms with van der Waals surface area (Å²) in [6.07, 6.45) is 0.605. The molecule has 0 heterocycles. The molecule has 0 saturated heterocycles. The van der Waals surface area contributed by atoms with Crippen molar-refractivity contribution < 1.29 is 24.2 Å². The molecule has 96 valence electrons. The lowest BCUT2D eigenvalue weighted by Crippen LogP contribution is -2.33. The molecular weight excluding hydrogens is 228 g/mol. The fraction of sp³-hybridized carbons (Fsp3) is 0.700. The van der Waals surface area contributed by atoms with Crippen LogP contribution < -0.4 is 11.1 Å². The number of carboxylic acid groups (broad SMARTS) is 1. The number of carbonyl (C=O) groups excluding carboxylic acids is 2. The number of primary amides is 1. The molecule has 0 spiro atoms. The molecule has 0 bridgehead atoms. The van der Waals surface area contributed by atoms with Gasteiger partial charge in [0, 0.05) is 5.92 Å². The molecule has 7 nitrogen and oxygen atoms in total. The van der Waals surface area contributed by atoms with Crippen molar-refractivity contribution in [3.63, 3.8) is 0 Å². The average Bonchev–Trinajstić information content (AvgIpc) is 2.73. The number of amides is 2. The molecule has 0 aromatic heterocycles. The van der Waals surface area contributed by atoms with Crippen LogP contribution in [0.4, 0.5) is 4.79 Å². The Morgan fingerprint density at radius 1 is 1.29 bits per heavy atom. The van der Waals surface area contributed by atoms with Crippen LogP contribution in [0.2, 0.25) is 0 Å². The Morgan fingerprint density at radius 2 is 1.94 bits per heavy atom. The van der Waals surface area contributed by atoms with Gasteiger partial charge in [0.25, 0.3) is 0 Å². The van der Waals surface area contributed by atoms with Crippen LogP contribution in [0.5, 0.6) is 0 Å². The Kier molecular flexibility index (Phi) is 4.74. The van der Waals surface area contributed by atoms with Crippen LogP contribution in [0.15, 0.2) is 0 Å². The highest BCUT2D eigenvalue weighted by atomic mass is 16.5. The second kappa shape index (κ2) is 6.07. The maximum absolute atomic E-state index is 11.6. The molecule has 0 aliphatic heterocycles. The third-order valence-corrected chi connectivity index (χ3v) is 2.80. The van der Waals surface area contributed by atoms with E-state index in [2.05, 4.69) is 10.1 Å². The van der Waals surface area contributed by atoms with E-state index in [1.54, 1.807) is 0 Å². The van der Waals surface area contributed by atoms with Gasteiger partial charge < -0.3 is 20.9 Å². The van der Waals surface area contributed by atoms with Crippen LogP contribution in [0.1, 0.15) is 19.3 Å². The van der Waals surface area contributed by atoms with Crippen LogP contribution in [0.3, 0.4) is 0 Å². The Hall–Kier alpha value is -1.79. The Labute approximate surface area is 98.3 Å². The van der Waals surface area contributed by atoms with Gasteiger partial charge in [-0.1, -0.05) is 0 Å². The number of rotatable bonds is 5. The van der Waals surface area contributed by atoms with Crippen molar-refractivity contribution in [2.75, 3.05) is 13.2 Å². The van der Waals surface area contributed by atoms with E-state index in [-0.39, 0.29) is 25.0 Å². The predicted octanol–water partition coefficient (Wildman–Crippen LogP) is -0.301. The van der Waals surface area contributed by atoms with Crippen molar-refractivity contribution in [3.05, 3.63) is 0 Å². The summed E-state index contributed by atoms with van der Waals surface area (Å²) in [5.74, 6) is -1.73. The number of nitrogens with two attached hydrogens (primary N) is 1. The summed E-state index contributed by atoms with van der Waals surface area (Å²) in [5.41, 5.74) is 4.74. The number of hydrogen-bond acceptors (Lipinski definition) is 4. The molecule has 1 aliphatic rings. The number of carbonyl (C=O) groups is 3. The van der Waals surface area contributed by atoms with E-state index < -0.39 is 18.0 Å². The first-order chi connectivity index (χ1) is 8.00. The zero-order valence-corrected chi connectivity index (χ0v) is 9.35. The molecule has 0 aromatic carbocycles. The summed E-state index contributed by atoms with van der Waals surface area (Å²) in [7, 11) is 0. The van der Waals surface area contributed by atoms with E-state index in [1.807, 2.05) is 0 Å². The molecule has 0 radical (unpaired) electrons. The maximum atomic E-state index is 11.6. The molecule has 2 amide bonds. The van der Waals surface area contributed by atoms with Crippen LogP contribution in [-0.2, 0) is 14.3 Å². The fourth-order valence-corrected chi connectivity index (χ4v) is 1.91. The minimum atomic E-state index is -0.883. The number of nitrogens with one attached hydrogen (secondary N) is 1. The predicted molar refractivity (Wildman–Crippen MR) is 57.0 cm³/mol. The fourth-order valence-electron chi connectivity index (χ4n) is 1.91. The van der Waals surface area contributed by atoms with Gasteiger partial charge in [0.05, 0.1) is 12.5 Å². The van der Waals surface area contributed by atoms with Crippen LogP contribution in [0.25, 0.3) is 0 Å². The summed E-state index contributed by atoms with van der Waals surface area (Å²) < 4.78 is 4.44. The van der Waals surface area contributed by atoms with Gasteiger partial charge in [-0.3, -0.25) is 9.59 Å². The van der Waals surface area contributed by atoms with E-state index in [0.717, 1.165) is 0 Å². The molecule has 1 rings (SSSR count). The quantitative estimate of drug-likeness (QED) is 0.573. The van der Waals surface area contributed by atoms with Gasteiger partial charge >= 0.3 is 12.1 Å². The van der Waals surface area contributed by atoms with Gasteiger partial charge in [-0.25, -0.2) is 4.79 Å². The van der Waals surface area contributed by atoms with E-state index in [9.17, 15) is 14.4 Å². The molecule has 2 atom stereocenters. The minimum absolute atomic E-state index is 0.0240. The van der Waals surface area contributed by atoms with Gasteiger partial charge in [0.15, 0.2) is 0 Å². The van der Waals surface area contributed by atoms with E-state index in [1.165, 1.54) is 0 Å². The third kappa shape index (κ3) is 4.29. The van der Waals surface area contributed by atoms with Crippen molar-refractivity contribution in [2.45, 2.75) is 19.3 Å². The first-order valence-electron chi connectivity index (χ1n) is 5.43. The molecule has 7 heteroatoms. The highest BCUT2D eigenvalue weighted by Gasteiger charge is 2.33. The summed E-state index contributed by atoms with van der Waals surface area (Å²) in [6, 6.07) is 0. The number of ether oxygens (including phenoxy) is 1. The molecule has 4 N–H and O–H groups in total. The molecule has 1 aliphatic carbocycles. The lowest BCUT2D eigenvalue weighted by Gasteiger charge is -2.10. The van der Waals surface area contributed by atoms with E-state index in [4.69, 9.17) is 10.8 Å². The number of hydrogen-bond donors (Lipinski definition) is 3. The minimum Gasteiger partial charge on any atom is -0.481 e. The van der Waals surface area contributed by atoms with E-state index >= 15 is 0 Å². The first-order valence-corrected chi connectivity index (χ1v) is 5.43. The standard InChI is InChI=1S/C10H16N2O5/c11-10(16)17-4-3-12-8(13)6-1-2-7(5-6)9(14)15/h6-7H,1-5H2,(H2,11,16)(H,12,13)(H,14,15). The van der Waals surface area contributed by atoms with Crippen LogP contribution in [-0.4, -0.2) is 36.2 Å². The zero-order valence-electron chi connectivity index (χ0n) is 9.35. The van der Waals surface area contributed by atoms with Crippen molar-refractivity contribution in [1.82, 2.24) is 5.32 Å². The monoisotopic (exact) mass is 244 g/mol. The highest BCUT2D eigenvalue weighted by Crippen LogP contribution is 2.30. The summed E-state index contributed by atoms with van der Waals surface area (Å²) in [6.45, 7) is 0.214. The summed E-state index contributed by atoms with van der Waals surface area (Å²) in [4.78, 5) is 32.5. The van der Waals surface area contributed by atoms with Crippen LogP contribution in [0, 0.1) is 11.8 Å². The van der Waals surface area contributed by atoms with Crippen molar-refractivity contribution >= 4 is 18.0 Å².